The number of aromatic nitrogens is 1. The van der Waals surface area contributed by atoms with Crippen molar-refractivity contribution in [2.24, 2.45) is 5.92 Å². The standard InChI is InChI=1S/C33H36N2O4S/c1-6-21-9-14-24-29(17-21)40-32(30(24)33(37)39-19(3)4)35-31(36)26-18-28(22-10-12-23(13-11-22)38-7-2)34-27-15-8-20(5)16-25(26)27/h8,10-13,15-16,18-19,21H,6-7,9,14,17H2,1-5H3,(H,35,36)/t21-/m0/s1. The second-order valence-electron chi connectivity index (χ2n) is 10.7. The highest BCUT2D eigenvalue weighted by atomic mass is 32.1. The summed E-state index contributed by atoms with van der Waals surface area (Å²) >= 11 is 1.51. The average molecular weight is 557 g/mol. The Hall–Kier alpha value is -3.71. The van der Waals surface area contributed by atoms with Crippen LogP contribution < -0.4 is 10.1 Å². The van der Waals surface area contributed by atoms with Crippen LogP contribution in [-0.2, 0) is 17.6 Å². The lowest BCUT2D eigenvalue weighted by molar-refractivity contribution is 0.0378. The number of fused-ring (bicyclic) bond motifs is 2. The Bertz CT molecular complexity index is 1560. The van der Waals surface area contributed by atoms with E-state index in [9.17, 15) is 9.59 Å². The van der Waals surface area contributed by atoms with Crippen LogP contribution in [0.1, 0.15) is 77.3 Å². The van der Waals surface area contributed by atoms with E-state index < -0.39 is 0 Å². The smallest absolute Gasteiger partial charge is 0.341 e. The first-order chi connectivity index (χ1) is 19.3. The Kier molecular flexibility index (Phi) is 8.22. The monoisotopic (exact) mass is 556 g/mol. The van der Waals surface area contributed by atoms with Crippen molar-refractivity contribution in [3.05, 3.63) is 75.7 Å². The summed E-state index contributed by atoms with van der Waals surface area (Å²) in [5.74, 6) is 0.735. The largest absolute Gasteiger partial charge is 0.494 e. The SMILES string of the molecule is CCOc1ccc(-c2cc(C(=O)Nc3sc4c(c3C(=O)OC(C)C)CC[C@H](CC)C4)c3cc(C)ccc3n2)cc1. The Labute approximate surface area is 239 Å². The quantitative estimate of drug-likeness (QED) is 0.223. The zero-order valence-corrected chi connectivity index (χ0v) is 24.6. The first-order valence-corrected chi connectivity index (χ1v) is 14.9. The molecule has 0 saturated carbocycles. The molecule has 4 aromatic rings. The molecule has 7 heteroatoms. The summed E-state index contributed by atoms with van der Waals surface area (Å²) in [4.78, 5) is 33.3. The Morgan fingerprint density at radius 1 is 1.10 bits per heavy atom. The van der Waals surface area contributed by atoms with Crippen LogP contribution in [0.3, 0.4) is 0 Å². The fraction of sp³-hybridized carbons (Fsp3) is 0.364. The number of nitrogens with one attached hydrogen (secondary N) is 1. The molecule has 1 atom stereocenters. The molecule has 0 spiro atoms. The maximum atomic E-state index is 14.0. The topological polar surface area (TPSA) is 77.5 Å². The summed E-state index contributed by atoms with van der Waals surface area (Å²) in [5.41, 5.74) is 5.41. The van der Waals surface area contributed by atoms with E-state index in [-0.39, 0.29) is 18.0 Å². The van der Waals surface area contributed by atoms with Crippen LogP contribution in [0, 0.1) is 12.8 Å². The van der Waals surface area contributed by atoms with Crippen molar-refractivity contribution in [2.75, 3.05) is 11.9 Å². The van der Waals surface area contributed by atoms with Gasteiger partial charge in [-0.25, -0.2) is 9.78 Å². The molecule has 40 heavy (non-hydrogen) atoms. The highest BCUT2D eigenvalue weighted by Gasteiger charge is 2.31. The second-order valence-corrected chi connectivity index (χ2v) is 11.8. The molecule has 2 aromatic heterocycles. The zero-order chi connectivity index (χ0) is 28.4. The molecule has 1 aliphatic carbocycles. The number of rotatable bonds is 8. The van der Waals surface area contributed by atoms with Gasteiger partial charge in [0.15, 0.2) is 0 Å². The average Bonchev–Trinajstić information content (AvgIpc) is 3.29. The number of aryl methyl sites for hydroxylation is 1. The molecule has 0 aliphatic heterocycles. The van der Waals surface area contributed by atoms with Crippen LogP contribution in [0.4, 0.5) is 5.00 Å². The fourth-order valence-electron chi connectivity index (χ4n) is 5.31. The number of benzene rings is 2. The normalized spacial score (nSPS) is 14.7. The van der Waals surface area contributed by atoms with Crippen LogP contribution in [0.5, 0.6) is 5.75 Å². The number of hydrogen-bond donors (Lipinski definition) is 1. The number of ether oxygens (including phenoxy) is 2. The maximum Gasteiger partial charge on any atom is 0.341 e. The zero-order valence-electron chi connectivity index (χ0n) is 23.8. The molecule has 0 fully saturated rings. The van der Waals surface area contributed by atoms with E-state index in [1.54, 1.807) is 0 Å². The van der Waals surface area contributed by atoms with Gasteiger partial charge in [-0.05, 0) is 101 Å². The van der Waals surface area contributed by atoms with Crippen molar-refractivity contribution in [2.45, 2.75) is 66.4 Å². The molecular weight excluding hydrogens is 520 g/mol. The van der Waals surface area contributed by atoms with Crippen molar-refractivity contribution < 1.29 is 19.1 Å². The molecule has 2 heterocycles. The van der Waals surface area contributed by atoms with Gasteiger partial charge in [0.05, 0.1) is 35.0 Å². The van der Waals surface area contributed by atoms with Gasteiger partial charge in [0.25, 0.3) is 5.91 Å². The maximum absolute atomic E-state index is 14.0. The van der Waals surface area contributed by atoms with Crippen LogP contribution in [0.25, 0.3) is 22.2 Å². The third-order valence-corrected chi connectivity index (χ3v) is 8.56. The summed E-state index contributed by atoms with van der Waals surface area (Å²) in [7, 11) is 0. The Morgan fingerprint density at radius 3 is 2.58 bits per heavy atom. The summed E-state index contributed by atoms with van der Waals surface area (Å²) < 4.78 is 11.2. The number of thiophene rings is 1. The lowest BCUT2D eigenvalue weighted by atomic mass is 9.85. The summed E-state index contributed by atoms with van der Waals surface area (Å²) in [6.07, 6.45) is 3.63. The third kappa shape index (κ3) is 5.75. The Balaban J connectivity index is 1.56. The number of pyridine rings is 1. The van der Waals surface area contributed by atoms with Crippen molar-refractivity contribution in [3.8, 4) is 17.0 Å². The number of hydrogen-bond acceptors (Lipinski definition) is 6. The molecule has 0 bridgehead atoms. The first-order valence-electron chi connectivity index (χ1n) is 14.1. The van der Waals surface area contributed by atoms with E-state index in [1.165, 1.54) is 16.2 Å². The number of carbonyl (C=O) groups excluding carboxylic acids is 2. The third-order valence-electron chi connectivity index (χ3n) is 7.39. The van der Waals surface area contributed by atoms with Gasteiger partial charge in [-0.3, -0.25) is 4.79 Å². The lowest BCUT2D eigenvalue weighted by Crippen LogP contribution is -2.19. The van der Waals surface area contributed by atoms with E-state index in [0.29, 0.717) is 34.3 Å². The number of carbonyl (C=O) groups is 2. The minimum Gasteiger partial charge on any atom is -0.494 e. The van der Waals surface area contributed by atoms with Crippen molar-refractivity contribution in [1.29, 1.82) is 0 Å². The minimum absolute atomic E-state index is 0.248. The van der Waals surface area contributed by atoms with E-state index in [1.807, 2.05) is 76.2 Å². The molecule has 5 rings (SSSR count). The van der Waals surface area contributed by atoms with Gasteiger partial charge in [0.1, 0.15) is 10.8 Å². The molecular formula is C33H36N2O4S. The highest BCUT2D eigenvalue weighted by molar-refractivity contribution is 7.17. The summed E-state index contributed by atoms with van der Waals surface area (Å²) in [5, 5.41) is 4.45. The lowest BCUT2D eigenvalue weighted by Gasteiger charge is -2.21. The van der Waals surface area contributed by atoms with E-state index in [4.69, 9.17) is 14.5 Å². The van der Waals surface area contributed by atoms with Crippen LogP contribution in [0.2, 0.25) is 0 Å². The molecule has 0 radical (unpaired) electrons. The van der Waals surface area contributed by atoms with Gasteiger partial charge in [0.2, 0.25) is 0 Å². The first kappa shape index (κ1) is 27.8. The van der Waals surface area contributed by atoms with Crippen molar-refractivity contribution >= 4 is 39.1 Å². The van der Waals surface area contributed by atoms with Crippen LogP contribution in [0.15, 0.2) is 48.5 Å². The number of amides is 1. The molecule has 0 unspecified atom stereocenters. The predicted molar refractivity (Wildman–Crippen MR) is 162 cm³/mol. The van der Waals surface area contributed by atoms with E-state index >= 15 is 0 Å². The van der Waals surface area contributed by atoms with Crippen LogP contribution in [-0.4, -0.2) is 29.6 Å². The Morgan fingerprint density at radius 2 is 1.88 bits per heavy atom. The van der Waals surface area contributed by atoms with Gasteiger partial charge in [0, 0.05) is 15.8 Å². The molecule has 1 amide bonds. The number of esters is 1. The van der Waals surface area contributed by atoms with Gasteiger partial charge in [-0.2, -0.15) is 0 Å². The number of nitrogens with zero attached hydrogens (tertiary/aromatic N) is 1. The van der Waals surface area contributed by atoms with Crippen molar-refractivity contribution in [1.82, 2.24) is 4.98 Å². The molecule has 1 aliphatic rings. The van der Waals surface area contributed by atoms with Gasteiger partial charge in [-0.1, -0.05) is 25.0 Å². The summed E-state index contributed by atoms with van der Waals surface area (Å²) in [6, 6.07) is 15.5. The minimum atomic E-state index is -0.372. The molecule has 6 nitrogen and oxygen atoms in total. The fourth-order valence-corrected chi connectivity index (χ4v) is 6.66. The molecule has 1 N–H and O–H groups in total. The predicted octanol–water partition coefficient (Wildman–Crippen LogP) is 8.00. The van der Waals surface area contributed by atoms with E-state index in [2.05, 4.69) is 12.2 Å². The summed E-state index contributed by atoms with van der Waals surface area (Å²) in [6.45, 7) is 10.4. The van der Waals surface area contributed by atoms with Gasteiger partial charge >= 0.3 is 5.97 Å². The van der Waals surface area contributed by atoms with Crippen LogP contribution >= 0.6 is 11.3 Å². The van der Waals surface area contributed by atoms with Gasteiger partial charge in [-0.15, -0.1) is 11.3 Å². The molecule has 2 aromatic carbocycles. The number of anilines is 1. The second kappa shape index (κ2) is 11.8. The molecule has 0 saturated heterocycles. The molecule has 208 valence electrons. The van der Waals surface area contributed by atoms with Gasteiger partial charge < -0.3 is 14.8 Å². The van der Waals surface area contributed by atoms with Crippen molar-refractivity contribution in [3.63, 3.8) is 0 Å². The highest BCUT2D eigenvalue weighted by Crippen LogP contribution is 2.41. The van der Waals surface area contributed by atoms with E-state index in [0.717, 1.165) is 59.0 Å².